The molecule has 2 amide bonds. The molecule has 0 bridgehead atoms. The average molecular weight is 382 g/mol. The van der Waals surface area contributed by atoms with Crippen molar-refractivity contribution < 1.29 is 9.59 Å². The number of piperidine rings is 1. The molecule has 2 aliphatic rings. The minimum Gasteiger partial charge on any atom is -0.352 e. The van der Waals surface area contributed by atoms with Crippen molar-refractivity contribution in [3.05, 3.63) is 30.1 Å². The van der Waals surface area contributed by atoms with Crippen molar-refractivity contribution in [3.8, 4) is 0 Å². The summed E-state index contributed by atoms with van der Waals surface area (Å²) < 4.78 is 0. The molecule has 3 rings (SSSR count). The molecule has 8 heteroatoms. The van der Waals surface area contributed by atoms with Crippen LogP contribution in [0.15, 0.2) is 24.5 Å². The van der Waals surface area contributed by atoms with E-state index in [4.69, 9.17) is 0 Å². The van der Waals surface area contributed by atoms with Gasteiger partial charge in [-0.1, -0.05) is 6.07 Å². The highest BCUT2D eigenvalue weighted by Crippen LogP contribution is 2.21. The van der Waals surface area contributed by atoms with Crippen LogP contribution in [0.4, 0.5) is 0 Å². The molecule has 0 spiro atoms. The topological polar surface area (TPSA) is 77.6 Å². The number of aromatic nitrogens is 1. The largest absolute Gasteiger partial charge is 0.352 e. The Bertz CT molecular complexity index is 601. The smallest absolute Gasteiger partial charge is 0.236 e. The van der Waals surface area contributed by atoms with Crippen molar-refractivity contribution in [2.45, 2.75) is 31.8 Å². The fourth-order valence-corrected chi connectivity index (χ4v) is 3.72. The summed E-state index contributed by atoms with van der Waals surface area (Å²) >= 11 is 0. The van der Waals surface area contributed by atoms with Gasteiger partial charge in [0, 0.05) is 64.1 Å². The molecule has 2 atom stereocenters. The zero-order valence-electron chi connectivity index (χ0n) is 15.2. The van der Waals surface area contributed by atoms with E-state index < -0.39 is 0 Å². The van der Waals surface area contributed by atoms with Gasteiger partial charge in [-0.2, -0.15) is 0 Å². The summed E-state index contributed by atoms with van der Waals surface area (Å²) in [5.74, 6) is 0.115. The molecule has 1 aromatic rings. The number of likely N-dealkylation sites (tertiary alicyclic amines) is 1. The quantitative estimate of drug-likeness (QED) is 0.797. The summed E-state index contributed by atoms with van der Waals surface area (Å²) in [6.07, 6.45) is 5.52. The Morgan fingerprint density at radius 3 is 2.96 bits per heavy atom. The Morgan fingerprint density at radius 1 is 1.38 bits per heavy atom. The predicted octanol–water partition coefficient (Wildman–Crippen LogP) is 0.577. The number of piperazine rings is 1. The normalized spacial score (nSPS) is 23.8. The van der Waals surface area contributed by atoms with Crippen molar-refractivity contribution in [1.82, 2.24) is 25.4 Å². The molecule has 2 unspecified atom stereocenters. The summed E-state index contributed by atoms with van der Waals surface area (Å²) in [5, 5.41) is 6.34. The maximum atomic E-state index is 12.8. The number of carbonyl (C=O) groups is 2. The molecular formula is C18H28ClN5O2. The highest BCUT2D eigenvalue weighted by Gasteiger charge is 2.29. The van der Waals surface area contributed by atoms with Gasteiger partial charge in [0.15, 0.2) is 0 Å². The molecule has 0 radical (unpaired) electrons. The van der Waals surface area contributed by atoms with Crippen LogP contribution in [-0.4, -0.2) is 71.9 Å². The summed E-state index contributed by atoms with van der Waals surface area (Å²) in [6.45, 7) is 5.88. The first-order chi connectivity index (χ1) is 12.1. The van der Waals surface area contributed by atoms with E-state index in [1.807, 2.05) is 17.2 Å². The van der Waals surface area contributed by atoms with Gasteiger partial charge in [-0.05, 0) is 24.5 Å². The van der Waals surface area contributed by atoms with Gasteiger partial charge in [0.25, 0.3) is 0 Å². The number of carbonyl (C=O) groups excluding carboxylic acids is 2. The molecule has 2 aliphatic heterocycles. The lowest BCUT2D eigenvalue weighted by Crippen LogP contribution is -2.54. The van der Waals surface area contributed by atoms with Crippen LogP contribution in [0.2, 0.25) is 0 Å². The number of amides is 2. The van der Waals surface area contributed by atoms with E-state index in [9.17, 15) is 9.59 Å². The number of nitrogens with zero attached hydrogens (tertiary/aromatic N) is 3. The minimum absolute atomic E-state index is 0. The van der Waals surface area contributed by atoms with Crippen LogP contribution < -0.4 is 10.6 Å². The number of halogens is 1. The second-order valence-electron chi connectivity index (χ2n) is 6.86. The summed E-state index contributed by atoms with van der Waals surface area (Å²) in [4.78, 5) is 32.4. The number of rotatable bonds is 4. The lowest BCUT2D eigenvalue weighted by Gasteiger charge is -2.38. The van der Waals surface area contributed by atoms with Gasteiger partial charge in [0.2, 0.25) is 11.8 Å². The van der Waals surface area contributed by atoms with E-state index in [0.29, 0.717) is 13.1 Å². The van der Waals surface area contributed by atoms with Crippen LogP contribution in [0, 0.1) is 0 Å². The van der Waals surface area contributed by atoms with Gasteiger partial charge in [0.05, 0.1) is 6.54 Å². The lowest BCUT2D eigenvalue weighted by molar-refractivity contribution is -0.135. The number of nitrogens with one attached hydrogen (secondary N) is 2. The summed E-state index contributed by atoms with van der Waals surface area (Å²) in [6, 6.07) is 4.25. The highest BCUT2D eigenvalue weighted by atomic mass is 35.5. The van der Waals surface area contributed by atoms with Crippen molar-refractivity contribution in [3.63, 3.8) is 0 Å². The number of pyridine rings is 1. The summed E-state index contributed by atoms with van der Waals surface area (Å²) in [7, 11) is 0. The molecule has 0 saturated carbocycles. The van der Waals surface area contributed by atoms with Crippen molar-refractivity contribution in [1.29, 1.82) is 0 Å². The van der Waals surface area contributed by atoms with Gasteiger partial charge in [-0.15, -0.1) is 12.4 Å². The molecule has 3 heterocycles. The molecule has 0 aliphatic carbocycles. The van der Waals surface area contributed by atoms with Crippen LogP contribution in [0.3, 0.4) is 0 Å². The maximum Gasteiger partial charge on any atom is 0.236 e. The molecule has 0 aromatic carbocycles. The second kappa shape index (κ2) is 9.85. The Balaban J connectivity index is 0.00000243. The minimum atomic E-state index is -0.0296. The third kappa shape index (κ3) is 5.40. The lowest BCUT2D eigenvalue weighted by atomic mass is 10.0. The van der Waals surface area contributed by atoms with Gasteiger partial charge in [-0.25, -0.2) is 0 Å². The highest BCUT2D eigenvalue weighted by molar-refractivity contribution is 5.85. The number of hydrogen-bond donors (Lipinski definition) is 2. The van der Waals surface area contributed by atoms with Gasteiger partial charge in [0.1, 0.15) is 0 Å². The molecule has 144 valence electrons. The van der Waals surface area contributed by atoms with Crippen molar-refractivity contribution in [2.75, 3.05) is 39.3 Å². The van der Waals surface area contributed by atoms with Crippen LogP contribution in [0.1, 0.15) is 31.4 Å². The van der Waals surface area contributed by atoms with E-state index >= 15 is 0 Å². The molecule has 26 heavy (non-hydrogen) atoms. The van der Waals surface area contributed by atoms with Gasteiger partial charge in [-0.3, -0.25) is 19.5 Å². The van der Waals surface area contributed by atoms with Crippen LogP contribution in [0.25, 0.3) is 0 Å². The zero-order chi connectivity index (χ0) is 17.6. The molecule has 2 fully saturated rings. The van der Waals surface area contributed by atoms with Crippen molar-refractivity contribution >= 4 is 24.2 Å². The first kappa shape index (κ1) is 20.6. The SMILES string of the molecule is CC(=O)NC1CCCN(C(=O)CN2CCNCC2c2cccnc2)C1.Cl. The fourth-order valence-electron chi connectivity index (χ4n) is 3.72. The van der Waals surface area contributed by atoms with E-state index in [2.05, 4.69) is 26.6 Å². The zero-order valence-corrected chi connectivity index (χ0v) is 16.0. The maximum absolute atomic E-state index is 12.8. The van der Waals surface area contributed by atoms with Gasteiger partial charge >= 0.3 is 0 Å². The Labute approximate surface area is 160 Å². The standard InChI is InChI=1S/C18H27N5O2.ClH/c1-14(24)21-16-5-3-8-23(12-16)18(25)13-22-9-7-20-11-17(22)15-4-2-6-19-10-15;/h2,4,6,10,16-17,20H,3,5,7-9,11-13H2,1H3,(H,21,24);1H. The van der Waals surface area contributed by atoms with Gasteiger partial charge < -0.3 is 15.5 Å². The Morgan fingerprint density at radius 2 is 2.23 bits per heavy atom. The van der Waals surface area contributed by atoms with Crippen LogP contribution in [0.5, 0.6) is 0 Å². The van der Waals surface area contributed by atoms with E-state index in [-0.39, 0.29) is 36.3 Å². The van der Waals surface area contributed by atoms with Crippen LogP contribution >= 0.6 is 12.4 Å². The van der Waals surface area contributed by atoms with E-state index in [0.717, 1.165) is 44.6 Å². The number of hydrogen-bond acceptors (Lipinski definition) is 5. The molecule has 2 saturated heterocycles. The Kier molecular flexibility index (Phi) is 7.81. The first-order valence-electron chi connectivity index (χ1n) is 9.03. The first-order valence-corrected chi connectivity index (χ1v) is 9.03. The second-order valence-corrected chi connectivity index (χ2v) is 6.86. The van der Waals surface area contributed by atoms with E-state index in [1.54, 1.807) is 6.20 Å². The third-order valence-electron chi connectivity index (χ3n) is 4.94. The molecule has 1 aromatic heterocycles. The monoisotopic (exact) mass is 381 g/mol. The predicted molar refractivity (Wildman–Crippen MR) is 102 cm³/mol. The Hall–Kier alpha value is -1.70. The molecule has 2 N–H and O–H groups in total. The summed E-state index contributed by atoms with van der Waals surface area (Å²) in [5.41, 5.74) is 1.14. The van der Waals surface area contributed by atoms with E-state index in [1.165, 1.54) is 6.92 Å². The molecular weight excluding hydrogens is 354 g/mol. The fraction of sp³-hybridized carbons (Fsp3) is 0.611. The van der Waals surface area contributed by atoms with Crippen molar-refractivity contribution in [2.24, 2.45) is 0 Å². The molecule has 7 nitrogen and oxygen atoms in total. The average Bonchev–Trinajstić information content (AvgIpc) is 2.62. The van der Waals surface area contributed by atoms with Crippen LogP contribution in [-0.2, 0) is 9.59 Å². The third-order valence-corrected chi connectivity index (χ3v) is 4.94.